The van der Waals surface area contributed by atoms with E-state index in [9.17, 15) is 14.4 Å². The number of nitrogens with zero attached hydrogens (tertiary/aromatic N) is 2. The van der Waals surface area contributed by atoms with E-state index in [-0.39, 0.29) is 30.0 Å². The van der Waals surface area contributed by atoms with Gasteiger partial charge in [0.25, 0.3) is 5.91 Å². The summed E-state index contributed by atoms with van der Waals surface area (Å²) in [6.07, 6.45) is 0. The van der Waals surface area contributed by atoms with Crippen molar-refractivity contribution in [1.29, 1.82) is 0 Å². The van der Waals surface area contributed by atoms with E-state index in [1.54, 1.807) is 24.3 Å². The first kappa shape index (κ1) is 22.5. The maximum atomic E-state index is 14.0. The Morgan fingerprint density at radius 2 is 1.79 bits per heavy atom. The fourth-order valence-electron chi connectivity index (χ4n) is 4.59. The Morgan fingerprint density at radius 3 is 2.53 bits per heavy atom. The number of aryl methyl sites for hydroxylation is 2. The first-order chi connectivity index (χ1) is 16.3. The average molecular weight is 492 g/mol. The van der Waals surface area contributed by atoms with Crippen LogP contribution in [0, 0.1) is 13.8 Å². The van der Waals surface area contributed by atoms with Crippen LogP contribution < -0.4 is 15.1 Å². The van der Waals surface area contributed by atoms with Crippen LogP contribution in [0.3, 0.4) is 0 Å². The number of para-hydroxylation sites is 1. The Balaban J connectivity index is 1.50. The number of benzene rings is 3. The van der Waals surface area contributed by atoms with Crippen LogP contribution in [0.5, 0.6) is 0 Å². The van der Waals surface area contributed by atoms with E-state index in [0.717, 1.165) is 11.1 Å². The minimum absolute atomic E-state index is 0.158. The summed E-state index contributed by atoms with van der Waals surface area (Å²) in [5.41, 5.74) is 4.67. The molecule has 8 heteroatoms. The van der Waals surface area contributed by atoms with Crippen molar-refractivity contribution < 1.29 is 14.4 Å². The van der Waals surface area contributed by atoms with Gasteiger partial charge in [-0.25, -0.2) is 0 Å². The van der Waals surface area contributed by atoms with Crippen molar-refractivity contribution in [2.24, 2.45) is 0 Å². The minimum atomic E-state index is -1.26. The molecule has 172 valence electrons. The van der Waals surface area contributed by atoms with E-state index >= 15 is 0 Å². The third-order valence-corrected chi connectivity index (χ3v) is 7.74. The molecular weight excluding hydrogens is 470 g/mol. The highest BCUT2D eigenvalue weighted by atomic mass is 35.5. The standard InChI is InChI=1S/C26H22ClN3O3S/c1-16-7-12-21(17(2)13-16)28-23(31)14-29-22-6-4-3-5-20(22)26(25(29)33)30(24(32)15-34-26)19-10-8-18(27)9-11-19/h3-13H,14-15H2,1-2H3,(H,28,31). The van der Waals surface area contributed by atoms with Gasteiger partial charge in [-0.15, -0.1) is 11.8 Å². The highest BCUT2D eigenvalue weighted by Crippen LogP contribution is 2.55. The van der Waals surface area contributed by atoms with Gasteiger partial charge in [0.15, 0.2) is 0 Å². The van der Waals surface area contributed by atoms with Crippen LogP contribution in [0.4, 0.5) is 17.1 Å². The number of anilines is 3. The molecule has 3 aromatic carbocycles. The van der Waals surface area contributed by atoms with Crippen LogP contribution in [0.15, 0.2) is 66.7 Å². The summed E-state index contributed by atoms with van der Waals surface area (Å²) in [4.78, 5) is 41.8. The number of carbonyl (C=O) groups is 3. The number of fused-ring (bicyclic) bond motifs is 2. The first-order valence-corrected chi connectivity index (χ1v) is 12.2. The molecule has 1 fully saturated rings. The van der Waals surface area contributed by atoms with Gasteiger partial charge >= 0.3 is 0 Å². The summed E-state index contributed by atoms with van der Waals surface area (Å²) in [6.45, 7) is 3.76. The van der Waals surface area contributed by atoms with Gasteiger partial charge < -0.3 is 5.32 Å². The van der Waals surface area contributed by atoms with E-state index < -0.39 is 4.87 Å². The van der Waals surface area contributed by atoms with Crippen molar-refractivity contribution in [2.75, 3.05) is 27.4 Å². The molecule has 0 saturated carbocycles. The number of hydrogen-bond donors (Lipinski definition) is 1. The molecular formula is C26H22ClN3O3S. The van der Waals surface area contributed by atoms with Gasteiger partial charge in [0, 0.05) is 22.0 Å². The van der Waals surface area contributed by atoms with Gasteiger partial charge in [0.05, 0.1) is 11.4 Å². The highest BCUT2D eigenvalue weighted by molar-refractivity contribution is 8.02. The Labute approximate surface area is 206 Å². The number of amides is 3. The molecule has 2 heterocycles. The summed E-state index contributed by atoms with van der Waals surface area (Å²) in [6, 6.07) is 20.0. The average Bonchev–Trinajstić information content (AvgIpc) is 3.27. The summed E-state index contributed by atoms with van der Waals surface area (Å²) in [7, 11) is 0. The van der Waals surface area contributed by atoms with Crippen LogP contribution >= 0.6 is 23.4 Å². The second-order valence-corrected chi connectivity index (χ2v) is 10.0. The normalized spacial score (nSPS) is 19.1. The number of hydrogen-bond acceptors (Lipinski definition) is 4. The molecule has 6 nitrogen and oxygen atoms in total. The molecule has 3 aromatic rings. The molecule has 2 aliphatic heterocycles. The molecule has 3 amide bonds. The van der Waals surface area contributed by atoms with E-state index in [4.69, 9.17) is 11.6 Å². The van der Waals surface area contributed by atoms with Crippen molar-refractivity contribution >= 4 is 58.1 Å². The fourth-order valence-corrected chi connectivity index (χ4v) is 6.08. The molecule has 1 unspecified atom stereocenters. The number of carbonyl (C=O) groups excluding carboxylic acids is 3. The molecule has 0 aliphatic carbocycles. The van der Waals surface area contributed by atoms with Crippen molar-refractivity contribution in [3.63, 3.8) is 0 Å². The Kier molecular flexibility index (Phi) is 5.62. The summed E-state index contributed by atoms with van der Waals surface area (Å²) in [5, 5.41) is 3.46. The zero-order chi connectivity index (χ0) is 24.0. The second-order valence-electron chi connectivity index (χ2n) is 8.41. The lowest BCUT2D eigenvalue weighted by Crippen LogP contribution is -2.50. The molecule has 34 heavy (non-hydrogen) atoms. The number of nitrogens with one attached hydrogen (secondary N) is 1. The second kappa shape index (κ2) is 8.49. The quantitative estimate of drug-likeness (QED) is 0.565. The highest BCUT2D eigenvalue weighted by Gasteiger charge is 2.61. The molecule has 0 radical (unpaired) electrons. The topological polar surface area (TPSA) is 69.7 Å². The van der Waals surface area contributed by atoms with E-state index in [0.29, 0.717) is 27.6 Å². The minimum Gasteiger partial charge on any atom is -0.324 e. The smallest absolute Gasteiger partial charge is 0.269 e. The predicted octanol–water partition coefficient (Wildman–Crippen LogP) is 4.87. The van der Waals surface area contributed by atoms with Gasteiger partial charge in [-0.1, -0.05) is 47.5 Å². The molecule has 1 saturated heterocycles. The largest absolute Gasteiger partial charge is 0.324 e. The van der Waals surface area contributed by atoms with Crippen LogP contribution in [0.25, 0.3) is 0 Å². The van der Waals surface area contributed by atoms with E-state index in [1.165, 1.54) is 21.6 Å². The van der Waals surface area contributed by atoms with Crippen LogP contribution in [0.1, 0.15) is 16.7 Å². The van der Waals surface area contributed by atoms with E-state index in [1.807, 2.05) is 56.3 Å². The lowest BCUT2D eigenvalue weighted by molar-refractivity contribution is -0.124. The number of rotatable bonds is 4. The van der Waals surface area contributed by atoms with Gasteiger partial charge in [0.2, 0.25) is 16.7 Å². The molecule has 0 bridgehead atoms. The molecule has 1 atom stereocenters. The lowest BCUT2D eigenvalue weighted by Gasteiger charge is -2.33. The summed E-state index contributed by atoms with van der Waals surface area (Å²) >= 11 is 7.33. The Bertz CT molecular complexity index is 1330. The molecule has 5 rings (SSSR count). The van der Waals surface area contributed by atoms with Gasteiger partial charge in [-0.2, -0.15) is 0 Å². The zero-order valence-electron chi connectivity index (χ0n) is 18.7. The summed E-state index contributed by atoms with van der Waals surface area (Å²) in [5.74, 6) is -0.627. The van der Waals surface area contributed by atoms with Crippen LogP contribution in [-0.2, 0) is 19.3 Å². The fraction of sp³-hybridized carbons (Fsp3) is 0.192. The number of thioether (sulfide) groups is 1. The van der Waals surface area contributed by atoms with Crippen molar-refractivity contribution in [3.8, 4) is 0 Å². The molecule has 2 aliphatic rings. The van der Waals surface area contributed by atoms with Crippen molar-refractivity contribution in [3.05, 3.63) is 88.4 Å². The molecule has 1 N–H and O–H groups in total. The van der Waals surface area contributed by atoms with Crippen LogP contribution in [0.2, 0.25) is 5.02 Å². The first-order valence-electron chi connectivity index (χ1n) is 10.8. The van der Waals surface area contributed by atoms with Crippen molar-refractivity contribution in [1.82, 2.24) is 0 Å². The van der Waals surface area contributed by atoms with Crippen LogP contribution in [-0.4, -0.2) is 30.0 Å². The van der Waals surface area contributed by atoms with Gasteiger partial charge in [-0.05, 0) is 55.8 Å². The molecule has 1 spiro atoms. The Morgan fingerprint density at radius 1 is 1.06 bits per heavy atom. The SMILES string of the molecule is Cc1ccc(NC(=O)CN2C(=O)C3(SCC(=O)N3c3ccc(Cl)cc3)c3ccccc32)c(C)c1. The third-order valence-electron chi connectivity index (χ3n) is 6.11. The van der Waals surface area contributed by atoms with Crippen molar-refractivity contribution in [2.45, 2.75) is 18.7 Å². The third kappa shape index (κ3) is 3.56. The summed E-state index contributed by atoms with van der Waals surface area (Å²) < 4.78 is 0. The Hall–Kier alpha value is -3.29. The predicted molar refractivity (Wildman–Crippen MR) is 136 cm³/mol. The van der Waals surface area contributed by atoms with Gasteiger partial charge in [0.1, 0.15) is 6.54 Å². The molecule has 0 aromatic heterocycles. The van der Waals surface area contributed by atoms with Gasteiger partial charge in [-0.3, -0.25) is 24.2 Å². The maximum absolute atomic E-state index is 14.0. The monoisotopic (exact) mass is 491 g/mol. The maximum Gasteiger partial charge on any atom is 0.269 e. The number of halogens is 1. The zero-order valence-corrected chi connectivity index (χ0v) is 20.2. The van der Waals surface area contributed by atoms with E-state index in [2.05, 4.69) is 5.32 Å². The lowest BCUT2D eigenvalue weighted by atomic mass is 10.0.